The Hall–Kier alpha value is -2.63. The normalized spacial score (nSPS) is 16.6. The minimum atomic E-state index is -3.83. The number of carbonyl (C=O) groups excluding carboxylic acids is 1. The molecule has 0 bridgehead atoms. The molecule has 0 saturated carbocycles. The molecule has 0 spiro atoms. The number of sulfonamides is 2. The van der Waals surface area contributed by atoms with Crippen LogP contribution in [0.15, 0.2) is 65.6 Å². The van der Waals surface area contributed by atoms with Gasteiger partial charge in [-0.05, 0) is 79.8 Å². The molecule has 1 heterocycles. The molecule has 0 radical (unpaired) electrons. The fourth-order valence-electron chi connectivity index (χ4n) is 4.47. The summed E-state index contributed by atoms with van der Waals surface area (Å²) in [5.74, 6) is -1.17. The second-order valence-electron chi connectivity index (χ2n) is 9.58. The highest BCUT2D eigenvalue weighted by Crippen LogP contribution is 2.28. The van der Waals surface area contributed by atoms with E-state index in [2.05, 4.69) is 10.0 Å². The van der Waals surface area contributed by atoms with Crippen molar-refractivity contribution < 1.29 is 21.6 Å². The number of hydrogen-bond acceptors (Lipinski definition) is 5. The van der Waals surface area contributed by atoms with Crippen molar-refractivity contribution in [3.8, 4) is 0 Å². The Balaban J connectivity index is 1.40. The van der Waals surface area contributed by atoms with Crippen LogP contribution in [0.5, 0.6) is 0 Å². The number of carbonyl (C=O) groups is 1. The summed E-state index contributed by atoms with van der Waals surface area (Å²) in [7, 11) is -7.54. The first-order valence-corrected chi connectivity index (χ1v) is 16.1. The third-order valence-corrected chi connectivity index (χ3v) is 10.4. The number of amides is 1. The molecule has 2 N–H and O–H groups in total. The molecule has 1 aliphatic heterocycles. The van der Waals surface area contributed by atoms with E-state index >= 15 is 0 Å². The molecule has 0 aliphatic carbocycles. The predicted molar refractivity (Wildman–Crippen MR) is 155 cm³/mol. The fourth-order valence-corrected chi connectivity index (χ4v) is 7.87. The van der Waals surface area contributed by atoms with E-state index in [1.54, 1.807) is 12.1 Å². The second kappa shape index (κ2) is 11.9. The van der Waals surface area contributed by atoms with Gasteiger partial charge in [0.15, 0.2) is 0 Å². The molecule has 1 aliphatic rings. The van der Waals surface area contributed by atoms with Gasteiger partial charge in [0.05, 0.1) is 22.3 Å². The average Bonchev–Trinajstić information content (AvgIpc) is 2.88. The predicted octanol–water partition coefficient (Wildman–Crippen LogP) is 5.59. The van der Waals surface area contributed by atoms with E-state index in [0.717, 1.165) is 11.1 Å². The van der Waals surface area contributed by atoms with E-state index in [1.165, 1.54) is 34.6 Å². The molecule has 1 unspecified atom stereocenters. The molecule has 208 valence electrons. The van der Waals surface area contributed by atoms with E-state index in [1.807, 2.05) is 32.0 Å². The number of para-hydroxylation sites is 1. The molecule has 1 atom stereocenters. The van der Waals surface area contributed by atoms with Crippen LogP contribution >= 0.6 is 23.2 Å². The first-order chi connectivity index (χ1) is 18.4. The van der Waals surface area contributed by atoms with Gasteiger partial charge in [-0.3, -0.25) is 9.52 Å². The Morgan fingerprint density at radius 1 is 0.974 bits per heavy atom. The summed E-state index contributed by atoms with van der Waals surface area (Å²) in [6.45, 7) is 4.02. The lowest BCUT2D eigenvalue weighted by Crippen LogP contribution is -2.44. The largest absolute Gasteiger partial charge is 0.326 e. The maximum absolute atomic E-state index is 13.1. The molecule has 1 saturated heterocycles. The minimum absolute atomic E-state index is 0.0472. The molecule has 1 fully saturated rings. The highest BCUT2D eigenvalue weighted by molar-refractivity contribution is 7.92. The van der Waals surface area contributed by atoms with Crippen LogP contribution < -0.4 is 10.0 Å². The Kier molecular flexibility index (Phi) is 8.92. The molecule has 4 rings (SSSR count). The van der Waals surface area contributed by atoms with Crippen molar-refractivity contribution >= 4 is 60.5 Å². The zero-order valence-electron chi connectivity index (χ0n) is 21.4. The summed E-state index contributed by atoms with van der Waals surface area (Å²) in [6.07, 6.45) is 1.07. The van der Waals surface area contributed by atoms with Crippen LogP contribution in [-0.4, -0.2) is 40.1 Å². The lowest BCUT2D eigenvalue weighted by molar-refractivity contribution is -0.120. The highest BCUT2D eigenvalue weighted by atomic mass is 35.5. The van der Waals surface area contributed by atoms with Crippen LogP contribution in [0.1, 0.15) is 29.5 Å². The number of anilines is 2. The Morgan fingerprint density at radius 2 is 1.64 bits per heavy atom. The monoisotopic (exact) mass is 609 g/mol. The van der Waals surface area contributed by atoms with Gasteiger partial charge in [0, 0.05) is 28.8 Å². The molecule has 3 aromatic rings. The van der Waals surface area contributed by atoms with Crippen LogP contribution in [0.2, 0.25) is 10.0 Å². The van der Waals surface area contributed by atoms with E-state index in [4.69, 9.17) is 23.2 Å². The highest BCUT2D eigenvalue weighted by Gasteiger charge is 2.33. The number of nitrogens with one attached hydrogen (secondary N) is 2. The van der Waals surface area contributed by atoms with Crippen LogP contribution in [0.3, 0.4) is 0 Å². The number of piperidine rings is 1. The zero-order valence-corrected chi connectivity index (χ0v) is 24.6. The van der Waals surface area contributed by atoms with Gasteiger partial charge in [-0.25, -0.2) is 21.1 Å². The molecule has 3 aromatic carbocycles. The summed E-state index contributed by atoms with van der Waals surface area (Å²) in [6, 6.07) is 16.0. The van der Waals surface area contributed by atoms with Gasteiger partial charge in [0.2, 0.25) is 15.9 Å². The second-order valence-corrected chi connectivity index (χ2v) is 14.1. The van der Waals surface area contributed by atoms with Crippen molar-refractivity contribution in [2.75, 3.05) is 23.1 Å². The summed E-state index contributed by atoms with van der Waals surface area (Å²) in [5, 5.41) is 3.47. The summed E-state index contributed by atoms with van der Waals surface area (Å²) < 4.78 is 55.9. The van der Waals surface area contributed by atoms with Crippen molar-refractivity contribution in [2.24, 2.45) is 5.92 Å². The van der Waals surface area contributed by atoms with Gasteiger partial charge in [0.1, 0.15) is 0 Å². The maximum Gasteiger partial charge on any atom is 0.261 e. The topological polar surface area (TPSA) is 113 Å². The van der Waals surface area contributed by atoms with E-state index in [9.17, 15) is 21.6 Å². The van der Waals surface area contributed by atoms with Crippen molar-refractivity contribution in [1.29, 1.82) is 0 Å². The minimum Gasteiger partial charge on any atom is -0.326 e. The van der Waals surface area contributed by atoms with Gasteiger partial charge in [-0.2, -0.15) is 0 Å². The smallest absolute Gasteiger partial charge is 0.261 e. The van der Waals surface area contributed by atoms with Gasteiger partial charge < -0.3 is 5.32 Å². The number of halogens is 2. The Morgan fingerprint density at radius 3 is 2.28 bits per heavy atom. The maximum atomic E-state index is 13.1. The van der Waals surface area contributed by atoms with Gasteiger partial charge in [-0.1, -0.05) is 47.5 Å². The lowest BCUT2D eigenvalue weighted by Gasteiger charge is -2.31. The van der Waals surface area contributed by atoms with E-state index in [-0.39, 0.29) is 28.1 Å². The van der Waals surface area contributed by atoms with Gasteiger partial charge >= 0.3 is 0 Å². The van der Waals surface area contributed by atoms with Crippen molar-refractivity contribution in [1.82, 2.24) is 4.31 Å². The van der Waals surface area contributed by atoms with E-state index in [0.29, 0.717) is 41.3 Å². The summed E-state index contributed by atoms with van der Waals surface area (Å²) in [4.78, 5) is 13.0. The average molecular weight is 611 g/mol. The standard InChI is InChI=1S/C27H29Cl2N3O5S2/c1-18-5-3-6-19(2)26(18)31-39(36,37)24-12-10-23(11-13-24)30-27(33)20-7-4-14-32(16-20)38(34,35)17-21-8-9-22(28)15-25(21)29/h3,5-6,8-13,15,20,31H,4,7,14,16-17H2,1-2H3,(H,30,33). The number of hydrogen-bond donors (Lipinski definition) is 2. The molecular formula is C27H29Cl2N3O5S2. The number of rotatable bonds is 8. The van der Waals surface area contributed by atoms with Crippen LogP contribution in [0.25, 0.3) is 0 Å². The quantitative estimate of drug-likeness (QED) is 0.345. The molecule has 39 heavy (non-hydrogen) atoms. The molecule has 1 amide bonds. The molecular weight excluding hydrogens is 581 g/mol. The van der Waals surface area contributed by atoms with Crippen molar-refractivity contribution in [3.63, 3.8) is 0 Å². The zero-order chi connectivity index (χ0) is 28.4. The fraction of sp³-hybridized carbons (Fsp3) is 0.296. The van der Waals surface area contributed by atoms with Crippen molar-refractivity contribution in [3.05, 3.63) is 87.4 Å². The molecule has 0 aromatic heterocycles. The first kappa shape index (κ1) is 29.4. The summed E-state index contributed by atoms with van der Waals surface area (Å²) >= 11 is 12.1. The summed E-state index contributed by atoms with van der Waals surface area (Å²) in [5.41, 5.74) is 3.00. The lowest BCUT2D eigenvalue weighted by atomic mass is 9.99. The van der Waals surface area contributed by atoms with Crippen LogP contribution in [-0.2, 0) is 30.6 Å². The van der Waals surface area contributed by atoms with Crippen LogP contribution in [0.4, 0.5) is 11.4 Å². The van der Waals surface area contributed by atoms with E-state index < -0.39 is 26.0 Å². The Bertz CT molecular complexity index is 1570. The number of benzene rings is 3. The third kappa shape index (κ3) is 7.12. The SMILES string of the molecule is Cc1cccc(C)c1NS(=O)(=O)c1ccc(NC(=O)C2CCCN(S(=O)(=O)Cc3ccc(Cl)cc3Cl)C2)cc1. The first-order valence-electron chi connectivity index (χ1n) is 12.3. The molecule has 8 nitrogen and oxygen atoms in total. The third-order valence-electron chi connectivity index (χ3n) is 6.65. The number of nitrogens with zero attached hydrogens (tertiary/aromatic N) is 1. The number of aryl methyl sites for hydroxylation is 2. The Labute approximate surface area is 239 Å². The van der Waals surface area contributed by atoms with Gasteiger partial charge in [0.25, 0.3) is 10.0 Å². The van der Waals surface area contributed by atoms with Crippen LogP contribution in [0, 0.1) is 19.8 Å². The molecule has 12 heteroatoms. The van der Waals surface area contributed by atoms with Crippen molar-refractivity contribution in [2.45, 2.75) is 37.3 Å². The van der Waals surface area contributed by atoms with Gasteiger partial charge in [-0.15, -0.1) is 0 Å².